The van der Waals surface area contributed by atoms with Crippen molar-refractivity contribution in [3.63, 3.8) is 0 Å². The first kappa shape index (κ1) is 15.5. The van der Waals surface area contributed by atoms with E-state index >= 15 is 0 Å². The molecule has 3 rings (SSSR count). The first-order valence-electron chi connectivity index (χ1n) is 7.55. The molecule has 1 aliphatic rings. The van der Waals surface area contributed by atoms with E-state index in [2.05, 4.69) is 5.32 Å². The zero-order valence-electron chi connectivity index (χ0n) is 12.6. The number of halogens is 1. The van der Waals surface area contributed by atoms with Gasteiger partial charge in [-0.05, 0) is 54.8 Å². The molecule has 23 heavy (non-hydrogen) atoms. The molecule has 0 aliphatic heterocycles. The van der Waals surface area contributed by atoms with Crippen LogP contribution < -0.4 is 10.1 Å². The molecule has 0 aromatic heterocycles. The number of rotatable bonds is 6. The summed E-state index contributed by atoms with van der Waals surface area (Å²) in [6, 6.07) is 13.2. The fraction of sp³-hybridized carbons (Fsp3) is 0.278. The maximum absolute atomic E-state index is 13.4. The zero-order chi connectivity index (χ0) is 16.3. The second-order valence-corrected chi connectivity index (χ2v) is 5.64. The highest BCUT2D eigenvalue weighted by molar-refractivity contribution is 6.01. The summed E-state index contributed by atoms with van der Waals surface area (Å²) >= 11 is 0. The second kappa shape index (κ2) is 6.38. The molecule has 1 saturated carbocycles. The predicted molar refractivity (Wildman–Crippen MR) is 85.0 cm³/mol. The molecule has 0 radical (unpaired) electrons. The molecule has 0 saturated heterocycles. The van der Waals surface area contributed by atoms with Crippen LogP contribution in [-0.2, 0) is 10.2 Å². The van der Waals surface area contributed by atoms with E-state index in [1.807, 2.05) is 0 Å². The van der Waals surface area contributed by atoms with Gasteiger partial charge in [0, 0.05) is 5.69 Å². The Balaban J connectivity index is 1.69. The smallest absolute Gasteiger partial charge is 0.235 e. The van der Waals surface area contributed by atoms with Crippen molar-refractivity contribution in [2.75, 3.05) is 18.5 Å². The Morgan fingerprint density at radius 3 is 2.57 bits per heavy atom. The van der Waals surface area contributed by atoms with E-state index in [0.29, 0.717) is 11.4 Å². The molecular formula is C18H18FNO3. The maximum Gasteiger partial charge on any atom is 0.235 e. The van der Waals surface area contributed by atoms with Gasteiger partial charge in [-0.3, -0.25) is 4.79 Å². The van der Waals surface area contributed by atoms with Gasteiger partial charge in [-0.25, -0.2) is 4.39 Å². The van der Waals surface area contributed by atoms with Crippen LogP contribution in [0, 0.1) is 5.82 Å². The number of carbonyl (C=O) groups is 1. The molecule has 0 unspecified atom stereocenters. The lowest BCUT2D eigenvalue weighted by Crippen LogP contribution is -2.27. The number of benzene rings is 2. The highest BCUT2D eigenvalue weighted by atomic mass is 19.1. The number of carbonyl (C=O) groups excluding carboxylic acids is 1. The molecule has 2 N–H and O–H groups in total. The first-order valence-corrected chi connectivity index (χ1v) is 7.55. The van der Waals surface area contributed by atoms with Crippen molar-refractivity contribution >= 4 is 11.6 Å². The minimum absolute atomic E-state index is 0.0470. The molecule has 4 nitrogen and oxygen atoms in total. The number of aliphatic hydroxyl groups excluding tert-OH is 1. The monoisotopic (exact) mass is 315 g/mol. The molecule has 120 valence electrons. The van der Waals surface area contributed by atoms with Crippen LogP contribution >= 0.6 is 0 Å². The average Bonchev–Trinajstić information content (AvgIpc) is 3.36. The van der Waals surface area contributed by atoms with Gasteiger partial charge in [-0.2, -0.15) is 0 Å². The highest BCUT2D eigenvalue weighted by Crippen LogP contribution is 2.49. The van der Waals surface area contributed by atoms with Crippen molar-refractivity contribution in [1.82, 2.24) is 0 Å². The summed E-state index contributed by atoms with van der Waals surface area (Å²) < 4.78 is 18.7. The number of ether oxygens (including phenoxy) is 1. The fourth-order valence-electron chi connectivity index (χ4n) is 2.61. The van der Waals surface area contributed by atoms with E-state index in [9.17, 15) is 9.18 Å². The fourth-order valence-corrected chi connectivity index (χ4v) is 2.61. The molecule has 5 heteroatoms. The molecule has 1 amide bonds. The Morgan fingerprint density at radius 2 is 1.96 bits per heavy atom. The van der Waals surface area contributed by atoms with Gasteiger partial charge in [0.15, 0.2) is 0 Å². The Labute approximate surface area is 133 Å². The summed E-state index contributed by atoms with van der Waals surface area (Å²) in [6.45, 7) is 0.184. The van der Waals surface area contributed by atoms with E-state index in [1.165, 1.54) is 12.1 Å². The van der Waals surface area contributed by atoms with Crippen LogP contribution in [0.15, 0.2) is 48.5 Å². The molecule has 1 fully saturated rings. The van der Waals surface area contributed by atoms with Gasteiger partial charge in [-0.15, -0.1) is 0 Å². The Bertz CT molecular complexity index is 696. The third kappa shape index (κ3) is 3.35. The summed E-state index contributed by atoms with van der Waals surface area (Å²) in [5.41, 5.74) is 0.765. The molecule has 1 aliphatic carbocycles. The van der Waals surface area contributed by atoms with Crippen molar-refractivity contribution < 1.29 is 19.0 Å². The van der Waals surface area contributed by atoms with E-state index in [4.69, 9.17) is 9.84 Å². The predicted octanol–water partition coefficient (Wildman–Crippen LogP) is 2.87. The molecule has 0 spiro atoms. The largest absolute Gasteiger partial charge is 0.491 e. The van der Waals surface area contributed by atoms with Crippen molar-refractivity contribution in [1.29, 1.82) is 0 Å². The minimum Gasteiger partial charge on any atom is -0.491 e. The van der Waals surface area contributed by atoms with E-state index in [1.54, 1.807) is 36.4 Å². The van der Waals surface area contributed by atoms with Crippen LogP contribution in [0.3, 0.4) is 0 Å². The number of hydrogen-bond donors (Lipinski definition) is 2. The number of nitrogens with one attached hydrogen (secondary N) is 1. The lowest BCUT2D eigenvalue weighted by Gasteiger charge is -2.16. The van der Waals surface area contributed by atoms with E-state index < -0.39 is 5.41 Å². The number of amides is 1. The highest BCUT2D eigenvalue weighted by Gasteiger charge is 2.51. The Morgan fingerprint density at radius 1 is 1.22 bits per heavy atom. The summed E-state index contributed by atoms with van der Waals surface area (Å²) in [7, 11) is 0. The molecular weight excluding hydrogens is 297 g/mol. The van der Waals surface area contributed by atoms with Crippen LogP contribution in [0.1, 0.15) is 18.4 Å². The van der Waals surface area contributed by atoms with Crippen LogP contribution in [0.5, 0.6) is 5.75 Å². The third-order valence-electron chi connectivity index (χ3n) is 4.03. The molecule has 2 aromatic carbocycles. The molecule has 0 heterocycles. The molecule has 0 atom stereocenters. The normalized spacial score (nSPS) is 15.0. The lowest BCUT2D eigenvalue weighted by atomic mass is 9.95. The van der Waals surface area contributed by atoms with E-state index in [-0.39, 0.29) is 24.9 Å². The average molecular weight is 315 g/mol. The van der Waals surface area contributed by atoms with Crippen molar-refractivity contribution in [2.45, 2.75) is 18.3 Å². The first-order chi connectivity index (χ1) is 11.1. The van der Waals surface area contributed by atoms with Gasteiger partial charge in [0.2, 0.25) is 5.91 Å². The van der Waals surface area contributed by atoms with Crippen LogP contribution in [0.25, 0.3) is 0 Å². The SMILES string of the molecule is O=C(Nc1ccc(OCCO)cc1)C1(c2cccc(F)c2)CC1. The molecule has 0 bridgehead atoms. The minimum atomic E-state index is -0.617. The standard InChI is InChI=1S/C18H18FNO3/c19-14-3-1-2-13(12-14)18(8-9-18)17(22)20-15-4-6-16(7-5-15)23-11-10-21/h1-7,12,21H,8-11H2,(H,20,22). The number of aliphatic hydroxyl groups is 1. The van der Waals surface area contributed by atoms with Crippen LogP contribution in [0.2, 0.25) is 0 Å². The van der Waals surface area contributed by atoms with Crippen LogP contribution in [-0.4, -0.2) is 24.2 Å². The van der Waals surface area contributed by atoms with Gasteiger partial charge in [0.25, 0.3) is 0 Å². The maximum atomic E-state index is 13.4. The van der Waals surface area contributed by atoms with Crippen molar-refractivity contribution in [2.24, 2.45) is 0 Å². The van der Waals surface area contributed by atoms with E-state index in [0.717, 1.165) is 18.4 Å². The summed E-state index contributed by atoms with van der Waals surface area (Å²) in [5.74, 6) is 0.183. The van der Waals surface area contributed by atoms with Gasteiger partial charge < -0.3 is 15.2 Å². The number of hydrogen-bond acceptors (Lipinski definition) is 3. The number of anilines is 1. The Hall–Kier alpha value is -2.40. The summed E-state index contributed by atoms with van der Waals surface area (Å²) in [5, 5.41) is 11.6. The second-order valence-electron chi connectivity index (χ2n) is 5.64. The van der Waals surface area contributed by atoms with Gasteiger partial charge in [0.1, 0.15) is 18.2 Å². The summed E-state index contributed by atoms with van der Waals surface area (Å²) in [6.07, 6.45) is 1.44. The third-order valence-corrected chi connectivity index (χ3v) is 4.03. The lowest BCUT2D eigenvalue weighted by molar-refractivity contribution is -0.118. The topological polar surface area (TPSA) is 58.6 Å². The van der Waals surface area contributed by atoms with Crippen molar-refractivity contribution in [3.05, 3.63) is 59.9 Å². The Kier molecular flexibility index (Phi) is 4.30. The van der Waals surface area contributed by atoms with Gasteiger partial charge in [-0.1, -0.05) is 12.1 Å². The van der Waals surface area contributed by atoms with Gasteiger partial charge >= 0.3 is 0 Å². The summed E-state index contributed by atoms with van der Waals surface area (Å²) in [4.78, 5) is 12.6. The molecule has 2 aromatic rings. The van der Waals surface area contributed by atoms with Crippen LogP contribution in [0.4, 0.5) is 10.1 Å². The quantitative estimate of drug-likeness (QED) is 0.862. The van der Waals surface area contributed by atoms with Crippen molar-refractivity contribution in [3.8, 4) is 5.75 Å². The zero-order valence-corrected chi connectivity index (χ0v) is 12.6. The van der Waals surface area contributed by atoms with Gasteiger partial charge in [0.05, 0.1) is 12.0 Å².